The quantitative estimate of drug-likeness (QED) is 0.702. The summed E-state index contributed by atoms with van der Waals surface area (Å²) in [6.07, 6.45) is -0.573. The molecule has 1 aliphatic heterocycles. The first-order valence-electron chi connectivity index (χ1n) is 10.0. The van der Waals surface area contributed by atoms with E-state index in [1.165, 1.54) is 4.90 Å². The van der Waals surface area contributed by atoms with E-state index in [-0.39, 0.29) is 18.4 Å². The highest BCUT2D eigenvalue weighted by atomic mass is 16.6. The van der Waals surface area contributed by atoms with Crippen LogP contribution in [0.3, 0.4) is 0 Å². The fourth-order valence-electron chi connectivity index (χ4n) is 4.66. The van der Waals surface area contributed by atoms with Crippen LogP contribution in [0.15, 0.2) is 78.9 Å². The monoisotopic (exact) mass is 399 g/mol. The molecule has 5 heteroatoms. The zero-order valence-electron chi connectivity index (χ0n) is 16.3. The fourth-order valence-corrected chi connectivity index (χ4v) is 4.66. The number of nitrogens with zero attached hydrogens (tertiary/aromatic N) is 1. The standard InChI is InChI=1S/C25H21NO4/c27-24(28)23-21(16-8-2-1-3-9-16)14-26(23)25(29)30-15-22-19-12-6-4-10-17(19)18-11-5-7-13-20(18)22/h1-13,21-23H,14-15H2,(H,27,28)/t21-,23+/m0/s1. The molecule has 5 rings (SSSR count). The highest BCUT2D eigenvalue weighted by molar-refractivity contribution is 5.84. The molecular formula is C25H21NO4. The molecule has 30 heavy (non-hydrogen) atoms. The number of carboxylic acids is 1. The van der Waals surface area contributed by atoms with Crippen molar-refractivity contribution in [1.29, 1.82) is 0 Å². The third kappa shape index (κ3) is 2.94. The average Bonchev–Trinajstić information content (AvgIpc) is 3.06. The fraction of sp³-hybridized carbons (Fsp3) is 0.200. The lowest BCUT2D eigenvalue weighted by Gasteiger charge is -2.44. The van der Waals surface area contributed by atoms with Gasteiger partial charge in [0.05, 0.1) is 0 Å². The van der Waals surface area contributed by atoms with Crippen molar-refractivity contribution in [3.05, 3.63) is 95.6 Å². The van der Waals surface area contributed by atoms with Gasteiger partial charge in [-0.2, -0.15) is 0 Å². The van der Waals surface area contributed by atoms with Gasteiger partial charge in [0.1, 0.15) is 12.6 Å². The van der Waals surface area contributed by atoms with Crippen LogP contribution < -0.4 is 0 Å². The predicted octanol–water partition coefficient (Wildman–Crippen LogP) is 4.49. The lowest BCUT2D eigenvalue weighted by molar-refractivity contribution is -0.148. The SMILES string of the molecule is O=C(O)[C@H]1[C@H](c2ccccc2)CN1C(=O)OCC1c2ccccc2-c2ccccc21. The molecule has 0 unspecified atom stereocenters. The van der Waals surface area contributed by atoms with Crippen molar-refractivity contribution < 1.29 is 19.4 Å². The van der Waals surface area contributed by atoms with E-state index in [9.17, 15) is 14.7 Å². The van der Waals surface area contributed by atoms with Crippen LogP contribution in [0.1, 0.15) is 28.5 Å². The number of amides is 1. The maximum absolute atomic E-state index is 12.7. The first kappa shape index (κ1) is 18.4. The van der Waals surface area contributed by atoms with E-state index in [0.717, 1.165) is 27.8 Å². The highest BCUT2D eigenvalue weighted by Crippen LogP contribution is 2.44. The summed E-state index contributed by atoms with van der Waals surface area (Å²) < 4.78 is 5.63. The van der Waals surface area contributed by atoms with Crippen LogP contribution in [0, 0.1) is 0 Å². The van der Waals surface area contributed by atoms with Gasteiger partial charge in [-0.05, 0) is 27.8 Å². The molecule has 0 radical (unpaired) electrons. The zero-order valence-corrected chi connectivity index (χ0v) is 16.3. The Kier molecular flexibility index (Phi) is 4.51. The average molecular weight is 399 g/mol. The van der Waals surface area contributed by atoms with Crippen molar-refractivity contribution in [2.75, 3.05) is 13.2 Å². The van der Waals surface area contributed by atoms with Crippen LogP contribution in [0.4, 0.5) is 4.79 Å². The maximum atomic E-state index is 12.7. The summed E-state index contributed by atoms with van der Waals surface area (Å²) in [7, 11) is 0. The molecule has 1 aliphatic carbocycles. The van der Waals surface area contributed by atoms with E-state index in [4.69, 9.17) is 4.74 Å². The van der Waals surface area contributed by atoms with Crippen LogP contribution in [-0.4, -0.2) is 41.3 Å². The minimum Gasteiger partial charge on any atom is -0.480 e. The summed E-state index contributed by atoms with van der Waals surface area (Å²) in [5.74, 6) is -1.27. The number of carbonyl (C=O) groups excluding carboxylic acids is 1. The summed E-state index contributed by atoms with van der Waals surface area (Å²) in [5.41, 5.74) is 5.50. The topological polar surface area (TPSA) is 66.8 Å². The third-order valence-corrected chi connectivity index (χ3v) is 6.16. The third-order valence-electron chi connectivity index (χ3n) is 6.16. The summed E-state index contributed by atoms with van der Waals surface area (Å²) >= 11 is 0. The molecule has 0 spiro atoms. The first-order valence-corrected chi connectivity index (χ1v) is 10.0. The Labute approximate surface area is 174 Å². The number of hydrogen-bond donors (Lipinski definition) is 1. The molecule has 2 aliphatic rings. The smallest absolute Gasteiger partial charge is 0.410 e. The Hall–Kier alpha value is -3.60. The molecule has 1 N–H and O–H groups in total. The normalized spacial score (nSPS) is 19.5. The molecule has 1 heterocycles. The second-order valence-corrected chi connectivity index (χ2v) is 7.76. The van der Waals surface area contributed by atoms with Gasteiger partial charge in [-0.15, -0.1) is 0 Å². The molecule has 150 valence electrons. The van der Waals surface area contributed by atoms with Crippen molar-refractivity contribution in [1.82, 2.24) is 4.90 Å². The number of carbonyl (C=O) groups is 2. The number of benzene rings is 3. The largest absolute Gasteiger partial charge is 0.480 e. The Morgan fingerprint density at radius 1 is 0.867 bits per heavy atom. The molecule has 2 atom stereocenters. The number of aliphatic carboxylic acids is 1. The summed E-state index contributed by atoms with van der Waals surface area (Å²) in [5, 5.41) is 9.67. The molecule has 5 nitrogen and oxygen atoms in total. The molecular weight excluding hydrogens is 378 g/mol. The van der Waals surface area contributed by atoms with Crippen LogP contribution >= 0.6 is 0 Å². The van der Waals surface area contributed by atoms with Gasteiger partial charge in [0.2, 0.25) is 0 Å². The van der Waals surface area contributed by atoms with Gasteiger partial charge in [0.15, 0.2) is 0 Å². The highest BCUT2D eigenvalue weighted by Gasteiger charge is 2.48. The molecule has 0 bridgehead atoms. The van der Waals surface area contributed by atoms with E-state index in [1.54, 1.807) is 0 Å². The van der Waals surface area contributed by atoms with Gasteiger partial charge in [0, 0.05) is 18.4 Å². The minimum absolute atomic E-state index is 0.0455. The number of likely N-dealkylation sites (tertiary alicyclic amines) is 1. The summed E-state index contributed by atoms with van der Waals surface area (Å²) in [6, 6.07) is 24.8. The van der Waals surface area contributed by atoms with Gasteiger partial charge in [0.25, 0.3) is 0 Å². The van der Waals surface area contributed by atoms with E-state index >= 15 is 0 Å². The number of rotatable bonds is 4. The van der Waals surface area contributed by atoms with Crippen molar-refractivity contribution in [3.63, 3.8) is 0 Å². The Morgan fingerprint density at radius 3 is 2.03 bits per heavy atom. The lowest BCUT2D eigenvalue weighted by Crippen LogP contribution is -2.61. The van der Waals surface area contributed by atoms with Crippen LogP contribution in [0.2, 0.25) is 0 Å². The lowest BCUT2D eigenvalue weighted by atomic mass is 9.83. The Balaban J connectivity index is 1.32. The van der Waals surface area contributed by atoms with Crippen molar-refractivity contribution in [3.8, 4) is 11.1 Å². The van der Waals surface area contributed by atoms with E-state index in [2.05, 4.69) is 24.3 Å². The van der Waals surface area contributed by atoms with E-state index in [1.807, 2.05) is 54.6 Å². The molecule has 1 fully saturated rings. The van der Waals surface area contributed by atoms with Crippen LogP contribution in [0.25, 0.3) is 11.1 Å². The number of carboxylic acid groups (broad SMARTS) is 1. The molecule has 3 aromatic carbocycles. The van der Waals surface area contributed by atoms with Crippen LogP contribution in [-0.2, 0) is 9.53 Å². The van der Waals surface area contributed by atoms with E-state index < -0.39 is 18.1 Å². The molecule has 1 saturated heterocycles. The zero-order chi connectivity index (χ0) is 20.7. The van der Waals surface area contributed by atoms with Crippen molar-refractivity contribution in [2.24, 2.45) is 0 Å². The van der Waals surface area contributed by atoms with Gasteiger partial charge in [-0.3, -0.25) is 4.90 Å². The minimum atomic E-state index is -1.01. The molecule has 0 aromatic heterocycles. The van der Waals surface area contributed by atoms with Gasteiger partial charge >= 0.3 is 12.1 Å². The number of ether oxygens (including phenoxy) is 1. The second kappa shape index (κ2) is 7.34. The van der Waals surface area contributed by atoms with Crippen molar-refractivity contribution in [2.45, 2.75) is 17.9 Å². The maximum Gasteiger partial charge on any atom is 0.410 e. The molecule has 3 aromatic rings. The number of fused-ring (bicyclic) bond motifs is 3. The van der Waals surface area contributed by atoms with Gasteiger partial charge in [-0.25, -0.2) is 9.59 Å². The second-order valence-electron chi connectivity index (χ2n) is 7.76. The Bertz CT molecular complexity index is 1070. The molecule has 1 amide bonds. The summed E-state index contributed by atoms with van der Waals surface area (Å²) in [6.45, 7) is 0.531. The van der Waals surface area contributed by atoms with Gasteiger partial charge in [-0.1, -0.05) is 78.9 Å². The van der Waals surface area contributed by atoms with Gasteiger partial charge < -0.3 is 9.84 Å². The van der Waals surface area contributed by atoms with Crippen LogP contribution in [0.5, 0.6) is 0 Å². The number of hydrogen-bond acceptors (Lipinski definition) is 3. The Morgan fingerprint density at radius 2 is 1.43 bits per heavy atom. The molecule has 0 saturated carbocycles. The first-order chi connectivity index (χ1) is 14.6. The van der Waals surface area contributed by atoms with Crippen molar-refractivity contribution >= 4 is 12.1 Å². The predicted molar refractivity (Wildman–Crippen MR) is 112 cm³/mol. The van der Waals surface area contributed by atoms with E-state index in [0.29, 0.717) is 6.54 Å². The summed E-state index contributed by atoms with van der Waals surface area (Å²) in [4.78, 5) is 25.9.